The van der Waals surface area contributed by atoms with Crippen LogP contribution in [0.2, 0.25) is 0 Å². The summed E-state index contributed by atoms with van der Waals surface area (Å²) in [5, 5.41) is 7.27. The molecule has 0 saturated heterocycles. The van der Waals surface area contributed by atoms with Crippen LogP contribution in [0.5, 0.6) is 0 Å². The summed E-state index contributed by atoms with van der Waals surface area (Å²) >= 11 is 0. The number of rotatable bonds is 6. The molecule has 0 radical (unpaired) electrons. The Kier molecular flexibility index (Phi) is 7.14. The van der Waals surface area contributed by atoms with E-state index in [0.29, 0.717) is 5.89 Å². The third-order valence-corrected chi connectivity index (χ3v) is 10.0. The monoisotopic (exact) mass is 664 g/mol. The van der Waals surface area contributed by atoms with Crippen LogP contribution in [0.25, 0.3) is 77.1 Å². The van der Waals surface area contributed by atoms with Crippen LogP contribution in [0, 0.1) is 0 Å². The Morgan fingerprint density at radius 1 is 0.346 bits per heavy atom. The predicted octanol–water partition coefficient (Wildman–Crippen LogP) is 13.8. The van der Waals surface area contributed by atoms with Crippen LogP contribution < -0.4 is 4.90 Å². The van der Waals surface area contributed by atoms with E-state index in [9.17, 15) is 0 Å². The van der Waals surface area contributed by atoms with E-state index in [1.54, 1.807) is 0 Å². The van der Waals surface area contributed by atoms with Gasteiger partial charge in [-0.1, -0.05) is 133 Å². The first kappa shape index (κ1) is 29.9. The summed E-state index contributed by atoms with van der Waals surface area (Å²) in [6, 6.07) is 68.9. The number of benzene rings is 9. The molecule has 1 aromatic heterocycles. The molecule has 1 heterocycles. The van der Waals surface area contributed by atoms with E-state index in [2.05, 4.69) is 193 Å². The molecule has 52 heavy (non-hydrogen) atoms. The van der Waals surface area contributed by atoms with E-state index in [1.807, 2.05) is 6.07 Å². The first-order chi connectivity index (χ1) is 25.7. The maximum absolute atomic E-state index is 6.50. The largest absolute Gasteiger partial charge is 0.435 e. The lowest BCUT2D eigenvalue weighted by Gasteiger charge is -2.26. The summed E-state index contributed by atoms with van der Waals surface area (Å²) in [6.45, 7) is 0. The molecule has 0 unspecified atom stereocenters. The second-order valence-corrected chi connectivity index (χ2v) is 13.3. The van der Waals surface area contributed by atoms with Crippen molar-refractivity contribution in [1.82, 2.24) is 4.98 Å². The third kappa shape index (κ3) is 5.37. The minimum Gasteiger partial charge on any atom is -0.435 e. The molecule has 10 rings (SSSR count). The molecular weight excluding hydrogens is 633 g/mol. The Bertz CT molecular complexity index is 2900. The lowest BCUT2D eigenvalue weighted by atomic mass is 10.0. The number of aromatic nitrogens is 1. The van der Waals surface area contributed by atoms with Gasteiger partial charge in [0.15, 0.2) is 5.58 Å². The number of hydrogen-bond donors (Lipinski definition) is 0. The topological polar surface area (TPSA) is 29.3 Å². The van der Waals surface area contributed by atoms with Gasteiger partial charge in [-0.2, -0.15) is 0 Å². The molecule has 244 valence electrons. The van der Waals surface area contributed by atoms with Crippen molar-refractivity contribution >= 4 is 60.5 Å². The Hall–Kier alpha value is -6.97. The molecule has 9 aromatic carbocycles. The number of nitrogens with zero attached hydrogens (tertiary/aromatic N) is 2. The fourth-order valence-electron chi connectivity index (χ4n) is 7.35. The van der Waals surface area contributed by atoms with Crippen molar-refractivity contribution in [2.75, 3.05) is 4.90 Å². The van der Waals surface area contributed by atoms with Crippen molar-refractivity contribution in [2.24, 2.45) is 0 Å². The van der Waals surface area contributed by atoms with Crippen molar-refractivity contribution in [2.45, 2.75) is 0 Å². The Balaban J connectivity index is 1.03. The van der Waals surface area contributed by atoms with Gasteiger partial charge >= 0.3 is 0 Å². The maximum Gasteiger partial charge on any atom is 0.227 e. The maximum atomic E-state index is 6.50. The molecule has 0 amide bonds. The van der Waals surface area contributed by atoms with Crippen molar-refractivity contribution < 1.29 is 4.42 Å². The standard InChI is InChI=1S/C49H32N2O/c1-4-11-38-30-41(18-16-33(38)8-1)36-20-25-43(26-21-36)51(45-29-22-35-10-3-6-13-40(35)32-45)44-27-23-37(24-28-44)46-14-7-15-47-48(46)52-49(50-47)42-19-17-34-9-2-5-12-39(34)31-42/h1-32H. The van der Waals surface area contributed by atoms with Gasteiger partial charge in [0.2, 0.25) is 5.89 Å². The van der Waals surface area contributed by atoms with Crippen LogP contribution in [-0.2, 0) is 0 Å². The highest BCUT2D eigenvalue weighted by Gasteiger charge is 2.17. The average Bonchev–Trinajstić information content (AvgIpc) is 3.66. The van der Waals surface area contributed by atoms with Crippen molar-refractivity contribution in [3.63, 3.8) is 0 Å². The van der Waals surface area contributed by atoms with Crippen LogP contribution in [-0.4, -0.2) is 4.98 Å². The first-order valence-corrected chi connectivity index (χ1v) is 17.6. The molecule has 0 saturated carbocycles. The van der Waals surface area contributed by atoms with Gasteiger partial charge in [-0.25, -0.2) is 4.98 Å². The highest BCUT2D eigenvalue weighted by atomic mass is 16.3. The Labute approximate surface area is 301 Å². The van der Waals surface area contributed by atoms with Crippen LogP contribution in [0.3, 0.4) is 0 Å². The molecule has 0 bridgehead atoms. The number of oxazole rings is 1. The number of para-hydroxylation sites is 1. The van der Waals surface area contributed by atoms with Gasteiger partial charge in [-0.15, -0.1) is 0 Å². The van der Waals surface area contributed by atoms with Crippen molar-refractivity contribution in [1.29, 1.82) is 0 Å². The van der Waals surface area contributed by atoms with Gasteiger partial charge in [-0.3, -0.25) is 0 Å². The summed E-state index contributed by atoms with van der Waals surface area (Å²) < 4.78 is 6.50. The highest BCUT2D eigenvalue weighted by molar-refractivity contribution is 5.94. The molecular formula is C49H32N2O. The highest BCUT2D eigenvalue weighted by Crippen LogP contribution is 2.39. The van der Waals surface area contributed by atoms with Gasteiger partial charge < -0.3 is 9.32 Å². The Morgan fingerprint density at radius 2 is 0.827 bits per heavy atom. The van der Waals surface area contributed by atoms with Crippen LogP contribution in [0.4, 0.5) is 17.1 Å². The second kappa shape index (κ2) is 12.4. The average molecular weight is 665 g/mol. The fraction of sp³-hybridized carbons (Fsp3) is 0. The van der Waals surface area contributed by atoms with E-state index in [0.717, 1.165) is 50.2 Å². The minimum atomic E-state index is 0.624. The summed E-state index contributed by atoms with van der Waals surface area (Å²) in [7, 11) is 0. The zero-order chi connectivity index (χ0) is 34.4. The molecule has 3 nitrogen and oxygen atoms in total. The quantitative estimate of drug-likeness (QED) is 0.177. The number of hydrogen-bond acceptors (Lipinski definition) is 3. The van der Waals surface area contributed by atoms with Crippen LogP contribution >= 0.6 is 0 Å². The lowest BCUT2D eigenvalue weighted by molar-refractivity contribution is 0.621. The van der Waals surface area contributed by atoms with Gasteiger partial charge in [0.25, 0.3) is 0 Å². The number of anilines is 3. The smallest absolute Gasteiger partial charge is 0.227 e. The van der Waals surface area contributed by atoms with E-state index in [1.165, 1.54) is 38.1 Å². The van der Waals surface area contributed by atoms with E-state index >= 15 is 0 Å². The molecule has 0 N–H and O–H groups in total. The molecule has 0 aliphatic carbocycles. The molecule has 0 atom stereocenters. The van der Waals surface area contributed by atoms with Gasteiger partial charge in [0, 0.05) is 28.2 Å². The fourth-order valence-corrected chi connectivity index (χ4v) is 7.35. The summed E-state index contributed by atoms with van der Waals surface area (Å²) in [6.07, 6.45) is 0. The zero-order valence-electron chi connectivity index (χ0n) is 28.3. The van der Waals surface area contributed by atoms with Gasteiger partial charge in [0.05, 0.1) is 0 Å². The third-order valence-electron chi connectivity index (χ3n) is 10.0. The Morgan fingerprint density at radius 3 is 1.46 bits per heavy atom. The van der Waals surface area contributed by atoms with E-state index in [-0.39, 0.29) is 0 Å². The predicted molar refractivity (Wildman–Crippen MR) is 218 cm³/mol. The first-order valence-electron chi connectivity index (χ1n) is 17.6. The summed E-state index contributed by atoms with van der Waals surface area (Å²) in [4.78, 5) is 7.22. The summed E-state index contributed by atoms with van der Waals surface area (Å²) in [5.74, 6) is 0.624. The molecule has 0 aliphatic rings. The second-order valence-electron chi connectivity index (χ2n) is 13.3. The minimum absolute atomic E-state index is 0.624. The SMILES string of the molecule is c1ccc2cc(-c3ccc(N(c4ccc(-c5cccc6nc(-c7ccc8ccccc8c7)oc56)cc4)c4ccc5ccccc5c4)cc3)ccc2c1. The van der Waals surface area contributed by atoms with Gasteiger partial charge in [-0.05, 0) is 110 Å². The lowest BCUT2D eigenvalue weighted by Crippen LogP contribution is -2.09. The molecule has 0 fully saturated rings. The van der Waals surface area contributed by atoms with Crippen LogP contribution in [0.1, 0.15) is 0 Å². The molecule has 0 spiro atoms. The molecule has 0 aliphatic heterocycles. The summed E-state index contributed by atoms with van der Waals surface area (Å²) in [5.41, 5.74) is 10.3. The van der Waals surface area contributed by atoms with E-state index < -0.39 is 0 Å². The van der Waals surface area contributed by atoms with Gasteiger partial charge in [0.1, 0.15) is 5.52 Å². The van der Waals surface area contributed by atoms with Crippen molar-refractivity contribution in [3.05, 3.63) is 194 Å². The zero-order valence-corrected chi connectivity index (χ0v) is 28.3. The normalized spacial score (nSPS) is 11.5. The number of fused-ring (bicyclic) bond motifs is 4. The van der Waals surface area contributed by atoms with Crippen LogP contribution in [0.15, 0.2) is 199 Å². The van der Waals surface area contributed by atoms with E-state index in [4.69, 9.17) is 9.40 Å². The van der Waals surface area contributed by atoms with Crippen molar-refractivity contribution in [3.8, 4) is 33.7 Å². The molecule has 3 heteroatoms. The molecule has 10 aromatic rings.